The summed E-state index contributed by atoms with van der Waals surface area (Å²) in [4.78, 5) is 24.4. The number of aliphatic hydroxyl groups is 1. The van der Waals surface area contributed by atoms with E-state index >= 15 is 0 Å². The van der Waals surface area contributed by atoms with Crippen LogP contribution in [-0.2, 0) is 9.53 Å². The van der Waals surface area contributed by atoms with Gasteiger partial charge in [-0.3, -0.25) is 4.79 Å². The monoisotopic (exact) mass is 259 g/mol. The van der Waals surface area contributed by atoms with Crippen molar-refractivity contribution >= 4 is 12.1 Å². The summed E-state index contributed by atoms with van der Waals surface area (Å²) in [6.07, 6.45) is -1.25. The van der Waals surface area contributed by atoms with Crippen molar-refractivity contribution in [3.05, 3.63) is 0 Å². The van der Waals surface area contributed by atoms with Crippen molar-refractivity contribution in [3.8, 4) is 0 Å². The molecule has 0 aliphatic carbocycles. The van der Waals surface area contributed by atoms with E-state index in [1.807, 2.05) is 0 Å². The first kappa shape index (κ1) is 14.8. The Morgan fingerprint density at radius 1 is 1.39 bits per heavy atom. The number of carbonyl (C=O) groups excluding carboxylic acids is 1. The van der Waals surface area contributed by atoms with Gasteiger partial charge in [-0.25, -0.2) is 4.79 Å². The van der Waals surface area contributed by atoms with E-state index in [0.29, 0.717) is 6.54 Å². The Hall–Kier alpha value is -1.30. The fourth-order valence-electron chi connectivity index (χ4n) is 1.87. The molecule has 1 saturated heterocycles. The highest BCUT2D eigenvalue weighted by Gasteiger charge is 2.47. The van der Waals surface area contributed by atoms with Crippen LogP contribution in [-0.4, -0.2) is 52.0 Å². The summed E-state index contributed by atoms with van der Waals surface area (Å²) in [6.45, 7) is 6.95. The maximum Gasteiger partial charge on any atom is 0.410 e. The van der Waals surface area contributed by atoms with E-state index in [-0.39, 0.29) is 13.0 Å². The zero-order chi connectivity index (χ0) is 14.1. The zero-order valence-electron chi connectivity index (χ0n) is 11.3. The van der Waals surface area contributed by atoms with Gasteiger partial charge in [0.25, 0.3) is 0 Å². The second kappa shape index (κ2) is 4.76. The molecule has 0 aromatic heterocycles. The molecule has 1 aliphatic rings. The summed E-state index contributed by atoms with van der Waals surface area (Å²) in [5.41, 5.74) is -1.96. The van der Waals surface area contributed by atoms with E-state index in [1.54, 1.807) is 20.8 Å². The third-order valence-electron chi connectivity index (χ3n) is 3.07. The first-order valence-electron chi connectivity index (χ1n) is 5.95. The van der Waals surface area contributed by atoms with E-state index in [4.69, 9.17) is 9.84 Å². The summed E-state index contributed by atoms with van der Waals surface area (Å²) >= 11 is 0. The summed E-state index contributed by atoms with van der Waals surface area (Å²) in [5, 5.41) is 18.9. The number of carbonyl (C=O) groups is 2. The molecule has 6 heteroatoms. The third kappa shape index (κ3) is 3.13. The average molecular weight is 259 g/mol. The molecule has 0 bridgehead atoms. The van der Waals surface area contributed by atoms with Gasteiger partial charge in [-0.1, -0.05) is 0 Å². The maximum atomic E-state index is 11.9. The largest absolute Gasteiger partial charge is 0.481 e. The van der Waals surface area contributed by atoms with Gasteiger partial charge in [0.1, 0.15) is 11.0 Å². The third-order valence-corrected chi connectivity index (χ3v) is 3.07. The van der Waals surface area contributed by atoms with Crippen LogP contribution in [0.4, 0.5) is 4.79 Å². The number of hydrogen-bond acceptors (Lipinski definition) is 4. The van der Waals surface area contributed by atoms with E-state index in [0.717, 1.165) is 0 Å². The van der Waals surface area contributed by atoms with Crippen LogP contribution < -0.4 is 0 Å². The molecule has 1 fully saturated rings. The average Bonchev–Trinajstić information content (AvgIpc) is 2.19. The number of amides is 1. The molecule has 1 aliphatic heterocycles. The number of nitrogens with zero attached hydrogens (tertiary/aromatic N) is 1. The van der Waals surface area contributed by atoms with Gasteiger partial charge < -0.3 is 19.8 Å². The molecular weight excluding hydrogens is 238 g/mol. The SMILES string of the molecule is CC(C)(C)OC(=O)N1CC[C@@H](O)[C@](C)(C(=O)O)C1. The highest BCUT2D eigenvalue weighted by Crippen LogP contribution is 2.31. The van der Waals surface area contributed by atoms with Crippen LogP contribution in [0.3, 0.4) is 0 Å². The fraction of sp³-hybridized carbons (Fsp3) is 0.833. The molecule has 1 heterocycles. The molecule has 0 radical (unpaired) electrons. The van der Waals surface area contributed by atoms with Crippen molar-refractivity contribution in [2.45, 2.75) is 45.8 Å². The van der Waals surface area contributed by atoms with E-state index in [1.165, 1.54) is 11.8 Å². The van der Waals surface area contributed by atoms with Crippen LogP contribution in [0, 0.1) is 5.41 Å². The van der Waals surface area contributed by atoms with Crippen molar-refractivity contribution in [1.29, 1.82) is 0 Å². The van der Waals surface area contributed by atoms with Crippen LogP contribution >= 0.6 is 0 Å². The Balaban J connectivity index is 2.77. The number of aliphatic carboxylic acids is 1. The van der Waals surface area contributed by atoms with Crippen LogP contribution in [0.1, 0.15) is 34.1 Å². The lowest BCUT2D eigenvalue weighted by atomic mass is 9.79. The fourth-order valence-corrected chi connectivity index (χ4v) is 1.87. The second-order valence-electron chi connectivity index (χ2n) is 5.93. The standard InChI is InChI=1S/C12H21NO5/c1-11(2,3)18-10(17)13-6-5-8(14)12(4,7-13)9(15)16/h8,14H,5-7H2,1-4H3,(H,15,16)/t8-,12-/m1/s1. The lowest BCUT2D eigenvalue weighted by molar-refractivity contribution is -0.160. The first-order valence-corrected chi connectivity index (χ1v) is 5.95. The molecule has 1 rings (SSSR count). The second-order valence-corrected chi connectivity index (χ2v) is 5.93. The Kier molecular flexibility index (Phi) is 3.90. The van der Waals surface area contributed by atoms with Gasteiger partial charge in [0.2, 0.25) is 0 Å². The van der Waals surface area contributed by atoms with Crippen LogP contribution in [0.25, 0.3) is 0 Å². The minimum Gasteiger partial charge on any atom is -0.481 e. The number of carboxylic acids is 1. The number of hydrogen-bond donors (Lipinski definition) is 2. The van der Waals surface area contributed by atoms with Crippen molar-refractivity contribution in [2.75, 3.05) is 13.1 Å². The molecule has 6 nitrogen and oxygen atoms in total. The normalized spacial score (nSPS) is 28.9. The Bertz CT molecular complexity index is 349. The molecule has 0 saturated carbocycles. The molecule has 0 aromatic rings. The molecular formula is C12H21NO5. The lowest BCUT2D eigenvalue weighted by Crippen LogP contribution is -2.56. The van der Waals surface area contributed by atoms with Gasteiger partial charge in [0, 0.05) is 13.1 Å². The van der Waals surface area contributed by atoms with Crippen LogP contribution in [0.2, 0.25) is 0 Å². The van der Waals surface area contributed by atoms with Gasteiger partial charge in [0.15, 0.2) is 0 Å². The Morgan fingerprint density at radius 2 is 1.94 bits per heavy atom. The summed E-state index contributed by atoms with van der Waals surface area (Å²) in [6, 6.07) is 0. The molecule has 104 valence electrons. The number of ether oxygens (including phenoxy) is 1. The highest BCUT2D eigenvalue weighted by molar-refractivity contribution is 5.77. The minimum atomic E-state index is -1.34. The predicted molar refractivity (Wildman–Crippen MR) is 64.2 cm³/mol. The number of rotatable bonds is 1. The van der Waals surface area contributed by atoms with Crippen LogP contribution in [0.15, 0.2) is 0 Å². The Morgan fingerprint density at radius 3 is 2.39 bits per heavy atom. The molecule has 2 N–H and O–H groups in total. The lowest BCUT2D eigenvalue weighted by Gasteiger charge is -2.41. The van der Waals surface area contributed by atoms with Gasteiger partial charge in [-0.05, 0) is 34.1 Å². The van der Waals surface area contributed by atoms with Gasteiger partial charge in [0.05, 0.1) is 6.10 Å². The van der Waals surface area contributed by atoms with Gasteiger partial charge in [-0.15, -0.1) is 0 Å². The molecule has 0 spiro atoms. The molecule has 0 unspecified atom stereocenters. The molecule has 0 aromatic carbocycles. The topological polar surface area (TPSA) is 87.1 Å². The maximum absolute atomic E-state index is 11.9. The van der Waals surface area contributed by atoms with E-state index in [9.17, 15) is 14.7 Å². The van der Waals surface area contributed by atoms with Gasteiger partial charge in [-0.2, -0.15) is 0 Å². The summed E-state index contributed by atoms with van der Waals surface area (Å²) in [5.74, 6) is -1.11. The molecule has 1 amide bonds. The van der Waals surface area contributed by atoms with E-state index < -0.39 is 29.2 Å². The molecule has 2 atom stereocenters. The van der Waals surface area contributed by atoms with Crippen molar-refractivity contribution in [3.63, 3.8) is 0 Å². The summed E-state index contributed by atoms with van der Waals surface area (Å²) in [7, 11) is 0. The van der Waals surface area contributed by atoms with E-state index in [2.05, 4.69) is 0 Å². The summed E-state index contributed by atoms with van der Waals surface area (Å²) < 4.78 is 5.20. The number of carboxylic acid groups (broad SMARTS) is 1. The van der Waals surface area contributed by atoms with Gasteiger partial charge >= 0.3 is 12.1 Å². The van der Waals surface area contributed by atoms with Crippen LogP contribution in [0.5, 0.6) is 0 Å². The number of piperidine rings is 1. The van der Waals surface area contributed by atoms with Crippen molar-refractivity contribution < 1.29 is 24.5 Å². The number of aliphatic hydroxyl groups excluding tert-OH is 1. The zero-order valence-corrected chi connectivity index (χ0v) is 11.3. The van der Waals surface area contributed by atoms with Crippen molar-refractivity contribution in [2.24, 2.45) is 5.41 Å². The molecule has 18 heavy (non-hydrogen) atoms. The number of likely N-dealkylation sites (tertiary alicyclic amines) is 1. The highest BCUT2D eigenvalue weighted by atomic mass is 16.6. The smallest absolute Gasteiger partial charge is 0.410 e. The minimum absolute atomic E-state index is 0.0432. The quantitative estimate of drug-likeness (QED) is 0.735. The predicted octanol–water partition coefficient (Wildman–Crippen LogP) is 1.08. The first-order chi connectivity index (χ1) is 8.06. The Labute approximate surface area is 107 Å². The van der Waals surface area contributed by atoms with Crippen molar-refractivity contribution in [1.82, 2.24) is 4.90 Å².